The van der Waals surface area contributed by atoms with Gasteiger partial charge in [0.1, 0.15) is 12.1 Å². The Morgan fingerprint density at radius 3 is 2.65 bits per heavy atom. The number of anilines is 1. The fourth-order valence-corrected chi connectivity index (χ4v) is 2.23. The van der Waals surface area contributed by atoms with Crippen LogP contribution < -0.4 is 4.90 Å². The first-order valence-electron chi connectivity index (χ1n) is 6.57. The fraction of sp³-hybridized carbons (Fsp3) is 0.267. The van der Waals surface area contributed by atoms with Crippen LogP contribution in [0, 0.1) is 13.8 Å². The average Bonchev–Trinajstić information content (AvgIpc) is 2.88. The van der Waals surface area contributed by atoms with Crippen LogP contribution in [-0.2, 0) is 6.54 Å². The second-order valence-corrected chi connectivity index (χ2v) is 5.07. The Hall–Kier alpha value is -2.43. The molecule has 0 aliphatic carbocycles. The highest BCUT2D eigenvalue weighted by atomic mass is 15.4. The third kappa shape index (κ3) is 2.34. The van der Waals surface area contributed by atoms with Crippen molar-refractivity contribution in [2.75, 3.05) is 11.9 Å². The third-order valence-corrected chi connectivity index (χ3v) is 3.29. The lowest BCUT2D eigenvalue weighted by molar-refractivity contribution is 0.827. The topological polar surface area (TPSA) is 46.3 Å². The molecule has 0 aliphatic heterocycles. The molecule has 3 rings (SSSR count). The van der Waals surface area contributed by atoms with Gasteiger partial charge in [-0.15, -0.1) is 0 Å². The van der Waals surface area contributed by atoms with Crippen LogP contribution in [0.25, 0.3) is 5.78 Å². The molecular weight excluding hydrogens is 250 g/mol. The number of hydrogen-bond acceptors (Lipinski definition) is 4. The Morgan fingerprint density at radius 2 is 1.90 bits per heavy atom. The Balaban J connectivity index is 1.93. The Bertz CT molecular complexity index is 730. The molecule has 0 N–H and O–H groups in total. The Morgan fingerprint density at radius 1 is 1.15 bits per heavy atom. The third-order valence-electron chi connectivity index (χ3n) is 3.29. The van der Waals surface area contributed by atoms with Gasteiger partial charge in [0, 0.05) is 25.4 Å². The minimum atomic E-state index is 0.635. The summed E-state index contributed by atoms with van der Waals surface area (Å²) in [5, 5.41) is 4.24. The van der Waals surface area contributed by atoms with Crippen molar-refractivity contribution < 1.29 is 0 Å². The molecule has 3 aromatic rings. The van der Waals surface area contributed by atoms with Gasteiger partial charge in [-0.2, -0.15) is 14.6 Å². The molecule has 0 spiro atoms. The van der Waals surface area contributed by atoms with Crippen molar-refractivity contribution in [1.29, 1.82) is 0 Å². The van der Waals surface area contributed by atoms with Gasteiger partial charge in [0.25, 0.3) is 5.78 Å². The summed E-state index contributed by atoms with van der Waals surface area (Å²) >= 11 is 0. The minimum absolute atomic E-state index is 0.635. The van der Waals surface area contributed by atoms with E-state index in [4.69, 9.17) is 0 Å². The van der Waals surface area contributed by atoms with Crippen molar-refractivity contribution in [2.24, 2.45) is 0 Å². The summed E-state index contributed by atoms with van der Waals surface area (Å²) < 4.78 is 1.77. The van der Waals surface area contributed by atoms with Crippen molar-refractivity contribution in [3.63, 3.8) is 0 Å². The second-order valence-electron chi connectivity index (χ2n) is 5.07. The number of benzene rings is 1. The van der Waals surface area contributed by atoms with Gasteiger partial charge in [-0.3, -0.25) is 0 Å². The van der Waals surface area contributed by atoms with Gasteiger partial charge >= 0.3 is 0 Å². The van der Waals surface area contributed by atoms with Gasteiger partial charge in [-0.1, -0.05) is 29.8 Å². The van der Waals surface area contributed by atoms with Crippen LogP contribution in [0.4, 0.5) is 5.82 Å². The molecular formula is C15H17N5. The minimum Gasteiger partial charge on any atom is -0.355 e. The summed E-state index contributed by atoms with van der Waals surface area (Å²) in [5.74, 6) is 1.63. The molecule has 5 heteroatoms. The molecule has 5 nitrogen and oxygen atoms in total. The molecule has 0 radical (unpaired) electrons. The van der Waals surface area contributed by atoms with Crippen LogP contribution in [-0.4, -0.2) is 26.6 Å². The summed E-state index contributed by atoms with van der Waals surface area (Å²) in [6.45, 7) is 4.88. The van der Waals surface area contributed by atoms with E-state index in [1.165, 1.54) is 17.5 Å². The van der Waals surface area contributed by atoms with E-state index in [2.05, 4.69) is 58.2 Å². The highest BCUT2D eigenvalue weighted by Crippen LogP contribution is 2.17. The smallest absolute Gasteiger partial charge is 0.254 e. The quantitative estimate of drug-likeness (QED) is 0.731. The predicted octanol–water partition coefficient (Wildman–Crippen LogP) is 2.38. The van der Waals surface area contributed by atoms with Gasteiger partial charge in [0.2, 0.25) is 0 Å². The monoisotopic (exact) mass is 267 g/mol. The highest BCUT2D eigenvalue weighted by Gasteiger charge is 2.10. The van der Waals surface area contributed by atoms with Gasteiger partial charge in [0.15, 0.2) is 0 Å². The van der Waals surface area contributed by atoms with Crippen molar-refractivity contribution >= 4 is 11.6 Å². The standard InChI is InChI=1S/C15H17N5/c1-11-4-6-13(7-5-11)9-19(3)14-8-12(2)18-15-16-10-17-20(14)15/h4-8,10H,9H2,1-3H3. The molecule has 0 unspecified atom stereocenters. The van der Waals surface area contributed by atoms with Gasteiger partial charge in [0.05, 0.1) is 0 Å². The Labute approximate surface area is 117 Å². The van der Waals surface area contributed by atoms with Crippen LogP contribution in [0.15, 0.2) is 36.7 Å². The summed E-state index contributed by atoms with van der Waals surface area (Å²) in [7, 11) is 2.05. The predicted molar refractivity (Wildman–Crippen MR) is 78.8 cm³/mol. The number of hydrogen-bond donors (Lipinski definition) is 0. The Kier molecular flexibility index (Phi) is 3.10. The molecule has 20 heavy (non-hydrogen) atoms. The largest absolute Gasteiger partial charge is 0.355 e. The normalized spacial score (nSPS) is 10.9. The summed E-state index contributed by atoms with van der Waals surface area (Å²) in [6, 6.07) is 10.6. The maximum atomic E-state index is 4.36. The zero-order valence-electron chi connectivity index (χ0n) is 11.9. The van der Waals surface area contributed by atoms with E-state index in [-0.39, 0.29) is 0 Å². The van der Waals surface area contributed by atoms with Gasteiger partial charge in [-0.05, 0) is 19.4 Å². The average molecular weight is 267 g/mol. The van der Waals surface area contributed by atoms with Crippen molar-refractivity contribution in [3.05, 3.63) is 53.5 Å². The van der Waals surface area contributed by atoms with E-state index >= 15 is 0 Å². The lowest BCUT2D eigenvalue weighted by atomic mass is 10.1. The fourth-order valence-electron chi connectivity index (χ4n) is 2.23. The molecule has 0 atom stereocenters. The molecule has 2 heterocycles. The van der Waals surface area contributed by atoms with Crippen LogP contribution in [0.2, 0.25) is 0 Å². The lowest BCUT2D eigenvalue weighted by Crippen LogP contribution is -2.20. The molecule has 1 aromatic carbocycles. The van der Waals surface area contributed by atoms with Crippen LogP contribution in [0.5, 0.6) is 0 Å². The molecule has 102 valence electrons. The van der Waals surface area contributed by atoms with E-state index in [0.717, 1.165) is 18.1 Å². The maximum absolute atomic E-state index is 4.36. The summed E-state index contributed by atoms with van der Waals surface area (Å²) in [4.78, 5) is 10.7. The number of fused-ring (bicyclic) bond motifs is 1. The van der Waals surface area contributed by atoms with Crippen molar-refractivity contribution in [2.45, 2.75) is 20.4 Å². The first kappa shape index (κ1) is 12.6. The molecule has 0 amide bonds. The molecule has 0 bridgehead atoms. The number of rotatable bonds is 3. The molecule has 2 aromatic heterocycles. The van der Waals surface area contributed by atoms with Gasteiger partial charge in [-0.25, -0.2) is 4.98 Å². The van der Waals surface area contributed by atoms with Crippen LogP contribution >= 0.6 is 0 Å². The zero-order valence-corrected chi connectivity index (χ0v) is 11.9. The van der Waals surface area contributed by atoms with E-state index in [0.29, 0.717) is 5.78 Å². The van der Waals surface area contributed by atoms with E-state index in [1.807, 2.05) is 13.0 Å². The number of aromatic nitrogens is 4. The van der Waals surface area contributed by atoms with E-state index in [9.17, 15) is 0 Å². The molecule has 0 fully saturated rings. The first-order chi connectivity index (χ1) is 9.63. The first-order valence-corrected chi connectivity index (χ1v) is 6.57. The lowest BCUT2D eigenvalue weighted by Gasteiger charge is -2.20. The molecule has 0 saturated carbocycles. The van der Waals surface area contributed by atoms with Crippen molar-refractivity contribution in [3.8, 4) is 0 Å². The van der Waals surface area contributed by atoms with E-state index in [1.54, 1.807) is 4.52 Å². The molecule has 0 saturated heterocycles. The number of aryl methyl sites for hydroxylation is 2. The van der Waals surface area contributed by atoms with Gasteiger partial charge < -0.3 is 4.90 Å². The molecule has 0 aliphatic rings. The summed E-state index contributed by atoms with van der Waals surface area (Å²) in [6.07, 6.45) is 1.53. The second kappa shape index (κ2) is 4.92. The maximum Gasteiger partial charge on any atom is 0.254 e. The van der Waals surface area contributed by atoms with Crippen molar-refractivity contribution in [1.82, 2.24) is 19.6 Å². The number of nitrogens with zero attached hydrogens (tertiary/aromatic N) is 5. The zero-order chi connectivity index (χ0) is 14.1. The van der Waals surface area contributed by atoms with Crippen LogP contribution in [0.1, 0.15) is 16.8 Å². The highest BCUT2D eigenvalue weighted by molar-refractivity contribution is 5.47. The SMILES string of the molecule is Cc1ccc(CN(C)c2cc(C)nc3ncnn23)cc1. The van der Waals surface area contributed by atoms with E-state index < -0.39 is 0 Å². The van der Waals surface area contributed by atoms with Crippen LogP contribution in [0.3, 0.4) is 0 Å². The summed E-state index contributed by atoms with van der Waals surface area (Å²) in [5.41, 5.74) is 3.48.